The van der Waals surface area contributed by atoms with Crippen molar-refractivity contribution < 1.29 is 18.0 Å². The topological polar surface area (TPSA) is 94.3 Å². The Balaban J connectivity index is 1.57. The number of nitrogens with one attached hydrogen (secondary N) is 1. The third-order valence-electron chi connectivity index (χ3n) is 3.16. The van der Waals surface area contributed by atoms with Gasteiger partial charge in [-0.2, -0.15) is 0 Å². The van der Waals surface area contributed by atoms with Crippen LogP contribution in [0.1, 0.15) is 18.4 Å². The number of amides is 1. The average Bonchev–Trinajstić information content (AvgIpc) is 3.26. The summed E-state index contributed by atoms with van der Waals surface area (Å²) in [5, 5.41) is 10.7. The van der Waals surface area contributed by atoms with Gasteiger partial charge >= 0.3 is 0 Å². The highest BCUT2D eigenvalue weighted by Gasteiger charge is 2.19. The second-order valence-corrected chi connectivity index (χ2v) is 6.11. The van der Waals surface area contributed by atoms with Gasteiger partial charge in [-0.15, -0.1) is 10.2 Å². The number of carbonyl (C=O) groups excluding carboxylic acids is 1. The second kappa shape index (κ2) is 6.74. The quantitative estimate of drug-likeness (QED) is 0.693. The van der Waals surface area contributed by atoms with E-state index in [0.717, 1.165) is 5.56 Å². The van der Waals surface area contributed by atoms with Gasteiger partial charge in [-0.05, 0) is 32.0 Å². The Bertz CT molecular complexity index is 778. The monoisotopic (exact) mass is 333 g/mol. The van der Waals surface area contributed by atoms with E-state index in [4.69, 9.17) is 13.3 Å². The summed E-state index contributed by atoms with van der Waals surface area (Å²) in [6.07, 6.45) is 3.13. The third kappa shape index (κ3) is 3.65. The molecule has 0 aliphatic rings. The molecule has 0 saturated heterocycles. The summed E-state index contributed by atoms with van der Waals surface area (Å²) in [6.45, 7) is 3.94. The van der Waals surface area contributed by atoms with Crippen molar-refractivity contribution in [2.75, 3.05) is 0 Å². The Morgan fingerprint density at radius 3 is 2.87 bits per heavy atom. The smallest absolute Gasteiger partial charge is 0.277 e. The summed E-state index contributed by atoms with van der Waals surface area (Å²) < 4.78 is 15.9. The lowest BCUT2D eigenvalue weighted by molar-refractivity contribution is -0.120. The minimum atomic E-state index is -0.372. The molecule has 0 aliphatic heterocycles. The molecule has 8 heteroatoms. The van der Waals surface area contributed by atoms with Crippen LogP contribution in [0.15, 0.2) is 49.2 Å². The molecular formula is C15H15N3O4S. The lowest BCUT2D eigenvalue weighted by Crippen LogP contribution is -2.30. The normalized spacial score (nSPS) is 12.3. The summed E-state index contributed by atoms with van der Waals surface area (Å²) >= 11 is 1.20. The molecule has 0 fully saturated rings. The van der Waals surface area contributed by atoms with Crippen LogP contribution in [-0.2, 0) is 11.3 Å². The van der Waals surface area contributed by atoms with Crippen LogP contribution in [0, 0.1) is 6.92 Å². The van der Waals surface area contributed by atoms with Crippen molar-refractivity contribution in [3.63, 3.8) is 0 Å². The maximum absolute atomic E-state index is 12.1. The zero-order valence-electron chi connectivity index (χ0n) is 12.6. The van der Waals surface area contributed by atoms with Gasteiger partial charge in [0.25, 0.3) is 11.1 Å². The number of thioether (sulfide) groups is 1. The fourth-order valence-electron chi connectivity index (χ4n) is 1.91. The molecule has 0 bridgehead atoms. The SMILES string of the molecule is Cc1occc1-c1nnc(S[C@H](C)C(=O)NCc2ccco2)o1. The first-order valence-corrected chi connectivity index (χ1v) is 7.86. The zero-order chi connectivity index (χ0) is 16.2. The Morgan fingerprint density at radius 1 is 1.30 bits per heavy atom. The van der Waals surface area contributed by atoms with Crippen molar-refractivity contribution >= 4 is 17.7 Å². The van der Waals surface area contributed by atoms with E-state index in [-0.39, 0.29) is 11.2 Å². The first kappa shape index (κ1) is 15.4. The van der Waals surface area contributed by atoms with Gasteiger partial charge in [0.2, 0.25) is 5.91 Å². The van der Waals surface area contributed by atoms with Gasteiger partial charge in [0.05, 0.1) is 29.9 Å². The molecule has 120 valence electrons. The Labute approximate surface area is 136 Å². The molecule has 0 saturated carbocycles. The van der Waals surface area contributed by atoms with E-state index in [1.807, 2.05) is 6.92 Å². The number of aromatic nitrogens is 2. The molecule has 3 rings (SSSR count). The van der Waals surface area contributed by atoms with Crippen molar-refractivity contribution in [3.05, 3.63) is 42.2 Å². The Hall–Kier alpha value is -2.48. The van der Waals surface area contributed by atoms with Crippen LogP contribution in [0.3, 0.4) is 0 Å². The predicted octanol–water partition coefficient (Wildman–Crippen LogP) is 3.03. The highest BCUT2D eigenvalue weighted by molar-refractivity contribution is 8.00. The van der Waals surface area contributed by atoms with Crippen molar-refractivity contribution in [2.45, 2.75) is 30.9 Å². The molecule has 0 aliphatic carbocycles. The van der Waals surface area contributed by atoms with Gasteiger partial charge in [-0.25, -0.2) is 0 Å². The number of carbonyl (C=O) groups is 1. The molecule has 3 aromatic rings. The van der Waals surface area contributed by atoms with Crippen LogP contribution in [-0.4, -0.2) is 21.4 Å². The summed E-state index contributed by atoms with van der Waals surface area (Å²) in [7, 11) is 0. The molecule has 0 unspecified atom stereocenters. The number of hydrogen-bond acceptors (Lipinski definition) is 7. The summed E-state index contributed by atoms with van der Waals surface area (Å²) in [6, 6.07) is 5.34. The van der Waals surface area contributed by atoms with Crippen molar-refractivity contribution in [3.8, 4) is 11.5 Å². The van der Waals surface area contributed by atoms with Crippen LogP contribution < -0.4 is 5.32 Å². The average molecular weight is 333 g/mol. The number of nitrogens with zero attached hydrogens (tertiary/aromatic N) is 2. The van der Waals surface area contributed by atoms with Gasteiger partial charge in [0.15, 0.2) is 0 Å². The highest BCUT2D eigenvalue weighted by Crippen LogP contribution is 2.28. The predicted molar refractivity (Wildman–Crippen MR) is 82.6 cm³/mol. The summed E-state index contributed by atoms with van der Waals surface area (Å²) in [4.78, 5) is 12.1. The van der Waals surface area contributed by atoms with E-state index in [0.29, 0.717) is 29.2 Å². The van der Waals surface area contributed by atoms with Crippen LogP contribution in [0.25, 0.3) is 11.5 Å². The largest absolute Gasteiger partial charge is 0.469 e. The van der Waals surface area contributed by atoms with Gasteiger partial charge in [0, 0.05) is 0 Å². The van der Waals surface area contributed by atoms with E-state index >= 15 is 0 Å². The first-order valence-electron chi connectivity index (χ1n) is 6.98. The van der Waals surface area contributed by atoms with E-state index in [9.17, 15) is 4.79 Å². The van der Waals surface area contributed by atoms with Gasteiger partial charge in [-0.3, -0.25) is 4.79 Å². The lowest BCUT2D eigenvalue weighted by atomic mass is 10.3. The van der Waals surface area contributed by atoms with Gasteiger partial charge < -0.3 is 18.6 Å². The van der Waals surface area contributed by atoms with E-state index in [1.54, 1.807) is 37.6 Å². The summed E-state index contributed by atoms with van der Waals surface area (Å²) in [5.74, 6) is 1.65. The lowest BCUT2D eigenvalue weighted by Gasteiger charge is -2.08. The number of furan rings is 2. The molecule has 23 heavy (non-hydrogen) atoms. The van der Waals surface area contributed by atoms with Crippen LogP contribution in [0.5, 0.6) is 0 Å². The van der Waals surface area contributed by atoms with E-state index < -0.39 is 0 Å². The van der Waals surface area contributed by atoms with Crippen molar-refractivity contribution in [2.24, 2.45) is 0 Å². The third-order valence-corrected chi connectivity index (χ3v) is 4.09. The highest BCUT2D eigenvalue weighted by atomic mass is 32.2. The molecular weight excluding hydrogens is 318 g/mol. The summed E-state index contributed by atoms with van der Waals surface area (Å²) in [5.41, 5.74) is 0.749. The van der Waals surface area contributed by atoms with E-state index in [2.05, 4.69) is 15.5 Å². The molecule has 3 aromatic heterocycles. The maximum atomic E-state index is 12.1. The first-order chi connectivity index (χ1) is 11.1. The minimum absolute atomic E-state index is 0.134. The molecule has 1 amide bonds. The van der Waals surface area contributed by atoms with Gasteiger partial charge in [0.1, 0.15) is 11.5 Å². The standard InChI is InChI=1S/C15H15N3O4S/c1-9-12(5-7-20-9)14-17-18-15(22-14)23-10(2)13(19)16-8-11-4-3-6-21-11/h3-7,10H,8H2,1-2H3,(H,16,19)/t10-/m1/s1. The van der Waals surface area contributed by atoms with Crippen molar-refractivity contribution in [1.29, 1.82) is 0 Å². The maximum Gasteiger partial charge on any atom is 0.277 e. The number of aryl methyl sites for hydroxylation is 1. The van der Waals surface area contributed by atoms with Crippen molar-refractivity contribution in [1.82, 2.24) is 15.5 Å². The Morgan fingerprint density at radius 2 is 2.17 bits per heavy atom. The number of hydrogen-bond donors (Lipinski definition) is 1. The fourth-order valence-corrected chi connectivity index (χ4v) is 2.62. The van der Waals surface area contributed by atoms with Gasteiger partial charge in [-0.1, -0.05) is 11.8 Å². The minimum Gasteiger partial charge on any atom is -0.469 e. The van der Waals surface area contributed by atoms with Crippen LogP contribution in [0.4, 0.5) is 0 Å². The molecule has 1 N–H and O–H groups in total. The molecule has 7 nitrogen and oxygen atoms in total. The molecule has 1 atom stereocenters. The molecule has 0 aromatic carbocycles. The van der Waals surface area contributed by atoms with Crippen LogP contribution >= 0.6 is 11.8 Å². The zero-order valence-corrected chi connectivity index (χ0v) is 13.4. The molecule has 0 radical (unpaired) electrons. The Kier molecular flexibility index (Phi) is 4.52. The van der Waals surface area contributed by atoms with E-state index in [1.165, 1.54) is 11.8 Å². The molecule has 0 spiro atoms. The molecule has 3 heterocycles. The second-order valence-electron chi connectivity index (χ2n) is 4.82. The number of rotatable bonds is 6. The fraction of sp³-hybridized carbons (Fsp3) is 0.267. The van der Waals surface area contributed by atoms with Crippen LogP contribution in [0.2, 0.25) is 0 Å².